The maximum Gasteiger partial charge on any atom is 0.263 e. The lowest BCUT2D eigenvalue weighted by molar-refractivity contribution is 0.151. The summed E-state index contributed by atoms with van der Waals surface area (Å²) in [6.45, 7) is 2.82. The number of imidazole rings is 1. The van der Waals surface area contributed by atoms with Gasteiger partial charge in [0.1, 0.15) is 11.3 Å². The minimum atomic E-state index is -2.48. The normalized spacial score (nSPS) is 11.2. The molecule has 2 aromatic carbocycles. The van der Waals surface area contributed by atoms with Gasteiger partial charge in [-0.1, -0.05) is 49.1 Å². The maximum absolute atomic E-state index is 12.8. The van der Waals surface area contributed by atoms with Crippen LogP contribution in [0, 0.1) is 11.8 Å². The largest absolute Gasteiger partial charge is 0.382 e. The van der Waals surface area contributed by atoms with E-state index in [0.717, 1.165) is 47.1 Å². The summed E-state index contributed by atoms with van der Waals surface area (Å²) in [5, 5.41) is 1.03. The van der Waals surface area contributed by atoms with Crippen LogP contribution in [0.5, 0.6) is 0 Å². The second-order valence-corrected chi connectivity index (χ2v) is 7.08. The zero-order chi connectivity index (χ0) is 21.1. The van der Waals surface area contributed by atoms with Gasteiger partial charge in [0.05, 0.1) is 11.0 Å². The molecule has 0 spiro atoms. The topological polar surface area (TPSA) is 56.7 Å². The molecule has 0 aliphatic carbocycles. The SMILES string of the molecule is CCc1nc2c(N)nc3ccccc3c2n1CCCC#Cc1cccc(C(F)F)c1. The fourth-order valence-electron chi connectivity index (χ4n) is 3.66. The van der Waals surface area contributed by atoms with Crippen LogP contribution in [-0.4, -0.2) is 14.5 Å². The molecule has 0 bridgehead atoms. The molecule has 0 saturated carbocycles. The lowest BCUT2D eigenvalue weighted by atomic mass is 10.1. The van der Waals surface area contributed by atoms with Gasteiger partial charge in [0.25, 0.3) is 6.43 Å². The minimum absolute atomic E-state index is 0.00245. The highest BCUT2D eigenvalue weighted by atomic mass is 19.3. The van der Waals surface area contributed by atoms with Gasteiger partial charge >= 0.3 is 0 Å². The number of nitrogens with zero attached hydrogens (tertiary/aromatic N) is 3. The van der Waals surface area contributed by atoms with Crippen molar-refractivity contribution in [3.8, 4) is 11.8 Å². The van der Waals surface area contributed by atoms with Crippen LogP contribution in [0.4, 0.5) is 14.6 Å². The molecular formula is C24H22F2N4. The summed E-state index contributed by atoms with van der Waals surface area (Å²) in [4.78, 5) is 9.20. The Morgan fingerprint density at radius 2 is 1.93 bits per heavy atom. The smallest absolute Gasteiger partial charge is 0.263 e. The average molecular weight is 404 g/mol. The van der Waals surface area contributed by atoms with Crippen molar-refractivity contribution < 1.29 is 8.78 Å². The molecule has 30 heavy (non-hydrogen) atoms. The molecule has 0 saturated heterocycles. The molecule has 0 aliphatic rings. The van der Waals surface area contributed by atoms with Crippen molar-refractivity contribution in [2.75, 3.05) is 5.73 Å². The highest BCUT2D eigenvalue weighted by Crippen LogP contribution is 2.29. The summed E-state index contributed by atoms with van der Waals surface area (Å²) in [6, 6.07) is 14.1. The number of benzene rings is 2. The van der Waals surface area contributed by atoms with Crippen LogP contribution in [0.15, 0.2) is 48.5 Å². The van der Waals surface area contributed by atoms with E-state index in [9.17, 15) is 8.78 Å². The molecule has 0 aliphatic heterocycles. The molecule has 2 heterocycles. The number of hydrogen-bond donors (Lipinski definition) is 1. The molecule has 6 heteroatoms. The van der Waals surface area contributed by atoms with Crippen molar-refractivity contribution in [2.24, 2.45) is 0 Å². The molecule has 2 N–H and O–H groups in total. The molecule has 4 nitrogen and oxygen atoms in total. The van der Waals surface area contributed by atoms with E-state index in [1.54, 1.807) is 12.1 Å². The van der Waals surface area contributed by atoms with E-state index in [4.69, 9.17) is 10.7 Å². The number of halogens is 2. The summed E-state index contributed by atoms with van der Waals surface area (Å²) >= 11 is 0. The van der Waals surface area contributed by atoms with E-state index in [2.05, 4.69) is 28.3 Å². The molecule has 2 aromatic heterocycles. The first-order chi connectivity index (χ1) is 14.6. The quantitative estimate of drug-likeness (QED) is 0.353. The molecule has 0 atom stereocenters. The summed E-state index contributed by atoms with van der Waals surface area (Å²) < 4.78 is 27.8. The number of nitrogen functional groups attached to an aromatic ring is 1. The summed E-state index contributed by atoms with van der Waals surface area (Å²) in [7, 11) is 0. The van der Waals surface area contributed by atoms with E-state index in [1.807, 2.05) is 24.3 Å². The lowest BCUT2D eigenvalue weighted by Crippen LogP contribution is -2.03. The van der Waals surface area contributed by atoms with E-state index >= 15 is 0 Å². The third kappa shape index (κ3) is 3.84. The first-order valence-electron chi connectivity index (χ1n) is 9.98. The van der Waals surface area contributed by atoms with Gasteiger partial charge in [-0.25, -0.2) is 18.7 Å². The van der Waals surface area contributed by atoms with Gasteiger partial charge in [-0.3, -0.25) is 0 Å². The monoisotopic (exact) mass is 404 g/mol. The zero-order valence-electron chi connectivity index (χ0n) is 16.7. The predicted octanol–water partition coefficient (Wildman–Crippen LogP) is 5.50. The van der Waals surface area contributed by atoms with Crippen molar-refractivity contribution in [2.45, 2.75) is 39.2 Å². The number of alkyl halides is 2. The molecule has 152 valence electrons. The molecule has 4 rings (SSSR count). The molecule has 0 unspecified atom stereocenters. The van der Waals surface area contributed by atoms with E-state index < -0.39 is 6.43 Å². The highest BCUT2D eigenvalue weighted by Gasteiger charge is 2.15. The second kappa shape index (κ2) is 8.50. The Balaban J connectivity index is 1.57. The van der Waals surface area contributed by atoms with Crippen LogP contribution in [0.1, 0.15) is 43.1 Å². The Hall–Kier alpha value is -3.46. The molecule has 0 fully saturated rings. The number of para-hydroxylation sites is 1. The minimum Gasteiger partial charge on any atom is -0.382 e. The summed E-state index contributed by atoms with van der Waals surface area (Å²) in [5.74, 6) is 7.49. The van der Waals surface area contributed by atoms with Gasteiger partial charge in [-0.2, -0.15) is 0 Å². The molecular weight excluding hydrogens is 382 g/mol. The van der Waals surface area contributed by atoms with Crippen LogP contribution >= 0.6 is 0 Å². The van der Waals surface area contributed by atoms with Gasteiger partial charge in [-0.15, -0.1) is 0 Å². The number of pyridine rings is 1. The Bertz CT molecular complexity index is 1260. The Kier molecular flexibility index (Phi) is 5.62. The predicted molar refractivity (Wildman–Crippen MR) is 116 cm³/mol. The van der Waals surface area contributed by atoms with Crippen molar-refractivity contribution in [1.82, 2.24) is 14.5 Å². The first-order valence-corrected chi connectivity index (χ1v) is 9.98. The zero-order valence-corrected chi connectivity index (χ0v) is 16.7. The van der Waals surface area contributed by atoms with E-state index in [1.165, 1.54) is 12.1 Å². The van der Waals surface area contributed by atoms with Crippen LogP contribution in [0.25, 0.3) is 21.9 Å². The molecule has 0 radical (unpaired) electrons. The second-order valence-electron chi connectivity index (χ2n) is 7.08. The molecule has 4 aromatic rings. The number of fused-ring (bicyclic) bond motifs is 3. The van der Waals surface area contributed by atoms with E-state index in [-0.39, 0.29) is 5.56 Å². The first kappa shape index (κ1) is 19.8. The third-order valence-corrected chi connectivity index (χ3v) is 5.06. The standard InChI is InChI=1S/C24H22F2N4/c1-2-20-29-21-22(18-12-5-6-13-19(18)28-24(21)27)30(20)14-7-3-4-9-16-10-8-11-17(15-16)23(25)26/h5-6,8,10-13,15,23H,2-3,7,14H2,1H3,(H2,27,28). The fraction of sp³-hybridized carbons (Fsp3) is 0.250. The maximum atomic E-state index is 12.8. The van der Waals surface area contributed by atoms with Gasteiger partial charge in [0.15, 0.2) is 5.82 Å². The van der Waals surface area contributed by atoms with Crippen molar-refractivity contribution in [3.05, 3.63) is 65.5 Å². The van der Waals surface area contributed by atoms with Gasteiger partial charge in [0.2, 0.25) is 0 Å². The number of unbranched alkanes of at least 4 members (excludes halogenated alkanes) is 1. The van der Waals surface area contributed by atoms with Gasteiger partial charge in [0, 0.05) is 35.9 Å². The average Bonchev–Trinajstić information content (AvgIpc) is 3.13. The lowest BCUT2D eigenvalue weighted by Gasteiger charge is -2.09. The van der Waals surface area contributed by atoms with E-state index in [0.29, 0.717) is 17.8 Å². The summed E-state index contributed by atoms with van der Waals surface area (Å²) in [6.07, 6.45) is -0.226. The van der Waals surface area contributed by atoms with Crippen LogP contribution < -0.4 is 5.73 Å². The van der Waals surface area contributed by atoms with Gasteiger partial charge in [-0.05, 0) is 24.6 Å². The summed E-state index contributed by atoms with van der Waals surface area (Å²) in [5.41, 5.74) is 9.37. The van der Waals surface area contributed by atoms with Crippen LogP contribution in [-0.2, 0) is 13.0 Å². The van der Waals surface area contributed by atoms with Crippen molar-refractivity contribution in [3.63, 3.8) is 0 Å². The van der Waals surface area contributed by atoms with Crippen molar-refractivity contribution >= 4 is 27.8 Å². The Morgan fingerprint density at radius 1 is 1.10 bits per heavy atom. The van der Waals surface area contributed by atoms with Gasteiger partial charge < -0.3 is 10.3 Å². The number of nitrogens with two attached hydrogens (primary N) is 1. The molecule has 0 amide bonds. The van der Waals surface area contributed by atoms with Crippen molar-refractivity contribution in [1.29, 1.82) is 0 Å². The van der Waals surface area contributed by atoms with Crippen LogP contribution in [0.2, 0.25) is 0 Å². The number of aromatic nitrogens is 3. The highest BCUT2D eigenvalue weighted by molar-refractivity contribution is 6.06. The van der Waals surface area contributed by atoms with Crippen LogP contribution in [0.3, 0.4) is 0 Å². The third-order valence-electron chi connectivity index (χ3n) is 5.06. The number of rotatable bonds is 5. The number of hydrogen-bond acceptors (Lipinski definition) is 3. The Labute approximate surface area is 173 Å². The number of anilines is 1. The fourth-order valence-corrected chi connectivity index (χ4v) is 3.66. The Morgan fingerprint density at radius 3 is 2.73 bits per heavy atom. The number of aryl methyl sites for hydroxylation is 2.